The van der Waals surface area contributed by atoms with Gasteiger partial charge in [0.2, 0.25) is 0 Å². The van der Waals surface area contributed by atoms with Gasteiger partial charge >= 0.3 is 0 Å². The molecule has 0 atom stereocenters. The Bertz CT molecular complexity index is 4590. The Kier molecular flexibility index (Phi) is 9.78. The Balaban J connectivity index is 0.872. The summed E-state index contributed by atoms with van der Waals surface area (Å²) in [6, 6.07) is 79.4. The van der Waals surface area contributed by atoms with Gasteiger partial charge in [-0.1, -0.05) is 178 Å². The molecule has 0 unspecified atom stereocenters. The van der Waals surface area contributed by atoms with Gasteiger partial charge in [-0.05, 0) is 101 Å². The monoisotopic (exact) mass is 982 g/mol. The topological polar surface area (TPSA) is 55.5 Å². The smallest absolute Gasteiger partial charge is 0.137 e. The summed E-state index contributed by atoms with van der Waals surface area (Å²) in [5.74, 6) is 1.75. The summed E-state index contributed by atoms with van der Waals surface area (Å²) in [5.41, 5.74) is 15.9. The van der Waals surface area contributed by atoms with Crippen molar-refractivity contribution in [3.05, 3.63) is 248 Å². The number of aryl methyl sites for hydroxylation is 1. The van der Waals surface area contributed by atoms with E-state index >= 15 is 0 Å². The first-order valence-electron chi connectivity index (χ1n) is 27.3. The van der Waals surface area contributed by atoms with E-state index < -0.39 is 6.85 Å². The number of pyridine rings is 1. The maximum absolute atomic E-state index is 8.91. The third-order valence-corrected chi connectivity index (χ3v) is 15.0. The van der Waals surface area contributed by atoms with Crippen molar-refractivity contribution < 1.29 is 8.85 Å². The highest BCUT2D eigenvalue weighted by Crippen LogP contribution is 2.45. The molecule has 364 valence electrons. The van der Waals surface area contributed by atoms with Gasteiger partial charge in [0, 0.05) is 77.1 Å². The molecule has 0 bridgehead atoms. The second-order valence-electron chi connectivity index (χ2n) is 20.8. The van der Waals surface area contributed by atoms with Crippen LogP contribution in [0, 0.1) is 6.85 Å². The van der Waals surface area contributed by atoms with Crippen LogP contribution < -0.4 is 15.4 Å². The summed E-state index contributed by atoms with van der Waals surface area (Å²) >= 11 is 0. The average molecular weight is 983 g/mol. The van der Waals surface area contributed by atoms with Gasteiger partial charge in [0.25, 0.3) is 0 Å². The van der Waals surface area contributed by atoms with E-state index in [2.05, 4.69) is 192 Å². The summed E-state index contributed by atoms with van der Waals surface area (Å²) in [7, 11) is 0. The molecule has 10 aromatic carbocycles. The first-order chi connectivity index (χ1) is 38.4. The zero-order valence-electron chi connectivity index (χ0n) is 45.3. The highest BCUT2D eigenvalue weighted by Gasteiger charge is 2.23. The molecule has 4 aromatic heterocycles. The van der Waals surface area contributed by atoms with Gasteiger partial charge in [0.1, 0.15) is 17.3 Å². The Morgan fingerprint density at radius 1 is 0.447 bits per heavy atom. The van der Waals surface area contributed by atoms with Crippen molar-refractivity contribution in [3.63, 3.8) is 0 Å². The summed E-state index contributed by atoms with van der Waals surface area (Å²) in [6.07, 6.45) is 1.73. The molecule has 14 rings (SSSR count). The molecular formula is C70H53N5O. The zero-order chi connectivity index (χ0) is 53.6. The molecule has 0 aliphatic rings. The second kappa shape index (κ2) is 17.8. The number of fused-ring (bicyclic) bond motifs is 9. The Morgan fingerprint density at radius 2 is 1.04 bits per heavy atom. The first-order valence-corrected chi connectivity index (χ1v) is 25.8. The van der Waals surface area contributed by atoms with Crippen LogP contribution in [0.5, 0.6) is 11.5 Å². The van der Waals surface area contributed by atoms with E-state index in [1.807, 2.05) is 72.8 Å². The summed E-state index contributed by atoms with van der Waals surface area (Å²) in [6.45, 7) is 4.08. The van der Waals surface area contributed by atoms with Crippen LogP contribution in [0.25, 0.3) is 99.1 Å². The fraction of sp³-hybridized carbons (Fsp3) is 0.0714. The highest BCUT2D eigenvalue weighted by molar-refractivity contribution is 6.26. The first kappa shape index (κ1) is 41.8. The molecule has 6 nitrogen and oxygen atoms in total. The van der Waals surface area contributed by atoms with E-state index in [0.29, 0.717) is 22.9 Å². The van der Waals surface area contributed by atoms with Crippen molar-refractivity contribution in [2.24, 2.45) is 0 Å². The van der Waals surface area contributed by atoms with Crippen LogP contribution >= 0.6 is 0 Å². The van der Waals surface area contributed by atoms with Crippen LogP contribution in [0.2, 0.25) is 0 Å². The van der Waals surface area contributed by atoms with Gasteiger partial charge in [0.05, 0.1) is 44.6 Å². The molecule has 0 aliphatic heterocycles. The van der Waals surface area contributed by atoms with Crippen LogP contribution in [-0.2, 0) is 5.41 Å². The summed E-state index contributed by atoms with van der Waals surface area (Å²) < 4.78 is 38.0. The van der Waals surface area contributed by atoms with E-state index in [4.69, 9.17) is 13.8 Å². The minimum absolute atomic E-state index is 0.0540. The van der Waals surface area contributed by atoms with Gasteiger partial charge in [-0.25, -0.2) is 4.98 Å². The minimum atomic E-state index is -2.44. The normalized spacial score (nSPS) is 12.7. The molecule has 14 aromatic rings. The zero-order valence-corrected chi connectivity index (χ0v) is 42.3. The quantitative estimate of drug-likeness (QED) is 0.143. The van der Waals surface area contributed by atoms with Gasteiger partial charge in [-0.2, -0.15) is 0 Å². The predicted molar refractivity (Wildman–Crippen MR) is 319 cm³/mol. The van der Waals surface area contributed by atoms with Gasteiger partial charge < -0.3 is 19.8 Å². The standard InChI is InChI=1S/C70H53N5O/c1-44-38-67(71-43-60(44)47-32-34-48(35-33-47)70(2,3)4)74-64-40-51(36-37-55(64)58-41-59-57-28-17-27-56-54-24-11-14-31-63(54)75(69(56)57)66(59)42-65(58)74)76-50-23-15-22-49(39-50)72-61-29-12-13-30-62(61)73-68-52(45-18-7-5-8-19-45)25-16-26-53(68)46-20-9-6-10-21-46/h5-43,72-73H,1-4H3/i1D3. The fourth-order valence-corrected chi connectivity index (χ4v) is 11.3. The molecule has 0 aliphatic carbocycles. The molecule has 0 radical (unpaired) electrons. The third kappa shape index (κ3) is 7.60. The third-order valence-electron chi connectivity index (χ3n) is 15.0. The van der Waals surface area contributed by atoms with Crippen LogP contribution in [0.1, 0.15) is 36.0 Å². The van der Waals surface area contributed by atoms with Gasteiger partial charge in [-0.3, -0.25) is 4.57 Å². The summed E-state index contributed by atoms with van der Waals surface area (Å²) in [5, 5.41) is 14.3. The largest absolute Gasteiger partial charge is 0.457 e. The van der Waals surface area contributed by atoms with E-state index in [0.717, 1.165) is 88.8 Å². The number of nitrogens with one attached hydrogen (secondary N) is 2. The number of anilines is 4. The van der Waals surface area contributed by atoms with E-state index in [1.165, 1.54) is 27.2 Å². The van der Waals surface area contributed by atoms with Crippen molar-refractivity contribution in [1.82, 2.24) is 14.0 Å². The summed E-state index contributed by atoms with van der Waals surface area (Å²) in [4.78, 5) is 5.15. The molecular weight excluding hydrogens is 927 g/mol. The molecule has 76 heavy (non-hydrogen) atoms. The maximum Gasteiger partial charge on any atom is 0.137 e. The lowest BCUT2D eigenvalue weighted by Gasteiger charge is -2.20. The number of ether oxygens (including phenoxy) is 1. The Labute approximate surface area is 445 Å². The van der Waals surface area contributed by atoms with E-state index in [9.17, 15) is 0 Å². The molecule has 0 spiro atoms. The highest BCUT2D eigenvalue weighted by atomic mass is 16.5. The number of benzene rings is 10. The molecule has 0 saturated carbocycles. The van der Waals surface area contributed by atoms with E-state index in [-0.39, 0.29) is 11.0 Å². The van der Waals surface area contributed by atoms with Crippen molar-refractivity contribution in [2.75, 3.05) is 10.6 Å². The molecule has 6 heteroatoms. The van der Waals surface area contributed by atoms with Crippen molar-refractivity contribution in [3.8, 4) is 50.7 Å². The lowest BCUT2D eigenvalue weighted by atomic mass is 9.86. The average Bonchev–Trinajstić information content (AvgIpc) is 2.69. The predicted octanol–water partition coefficient (Wildman–Crippen LogP) is 19.2. The van der Waals surface area contributed by atoms with Crippen LogP contribution in [0.3, 0.4) is 0 Å². The maximum atomic E-state index is 8.91. The SMILES string of the molecule is [2H]C([2H])([2H])c1cc(-n2c3cc(Oc4cccc(Nc5ccccc5Nc5c(-c6ccccc6)cccc5-c5ccccc5)c4)ccc3c3cc4c5cccc6c7ccccc7n(c4cc32)c65)ncc1-c1ccc(C(C)(C)C)cc1. The van der Waals surface area contributed by atoms with Crippen LogP contribution in [0.15, 0.2) is 237 Å². The van der Waals surface area contributed by atoms with E-state index in [1.54, 1.807) is 12.3 Å². The molecule has 4 heterocycles. The molecule has 0 fully saturated rings. The lowest BCUT2D eigenvalue weighted by molar-refractivity contribution is 0.483. The van der Waals surface area contributed by atoms with Gasteiger partial charge in [-0.15, -0.1) is 0 Å². The molecule has 2 N–H and O–H groups in total. The molecule has 0 saturated heterocycles. The number of hydrogen-bond donors (Lipinski definition) is 2. The van der Waals surface area contributed by atoms with Crippen LogP contribution in [0.4, 0.5) is 22.7 Å². The Hall–Kier alpha value is -9.65. The lowest BCUT2D eigenvalue weighted by Crippen LogP contribution is -2.10. The number of hydrogen-bond acceptors (Lipinski definition) is 4. The van der Waals surface area contributed by atoms with Crippen molar-refractivity contribution >= 4 is 82.7 Å². The van der Waals surface area contributed by atoms with Crippen molar-refractivity contribution in [2.45, 2.75) is 33.0 Å². The van der Waals surface area contributed by atoms with Crippen LogP contribution in [-0.4, -0.2) is 14.0 Å². The second-order valence-corrected chi connectivity index (χ2v) is 20.8. The number of para-hydroxylation sites is 5. The fourth-order valence-electron chi connectivity index (χ4n) is 11.3. The van der Waals surface area contributed by atoms with Crippen molar-refractivity contribution in [1.29, 1.82) is 0 Å². The molecule has 0 amide bonds. The van der Waals surface area contributed by atoms with Gasteiger partial charge in [0.15, 0.2) is 0 Å². The number of aromatic nitrogens is 3. The number of rotatable bonds is 10. The number of nitrogens with zero attached hydrogens (tertiary/aromatic N) is 3. The minimum Gasteiger partial charge on any atom is -0.457 e. The Morgan fingerprint density at radius 3 is 1.78 bits per heavy atom.